The summed E-state index contributed by atoms with van der Waals surface area (Å²) in [6.45, 7) is 6.30. The quantitative estimate of drug-likeness (QED) is 0.785. The van der Waals surface area contributed by atoms with Gasteiger partial charge in [-0.15, -0.1) is 0 Å². The molecule has 1 amide bonds. The van der Waals surface area contributed by atoms with Crippen LogP contribution in [0.1, 0.15) is 28.4 Å². The Morgan fingerprint density at radius 1 is 1.47 bits per heavy atom. The van der Waals surface area contributed by atoms with Gasteiger partial charge in [-0.1, -0.05) is 17.7 Å². The lowest BCUT2D eigenvalue weighted by atomic mass is 10.1. The number of benzene rings is 1. The van der Waals surface area contributed by atoms with Gasteiger partial charge in [0.05, 0.1) is 0 Å². The van der Waals surface area contributed by atoms with Gasteiger partial charge in [0.1, 0.15) is 0 Å². The number of rotatable bonds is 3. The van der Waals surface area contributed by atoms with Crippen LogP contribution in [-0.4, -0.2) is 18.5 Å². The van der Waals surface area contributed by atoms with E-state index >= 15 is 0 Å². The third kappa shape index (κ3) is 3.06. The number of nitrogens with two attached hydrogens (primary N) is 1. The predicted octanol–water partition coefficient (Wildman–Crippen LogP) is 1.38. The molecule has 0 aliphatic heterocycles. The summed E-state index contributed by atoms with van der Waals surface area (Å²) in [5.41, 5.74) is 8.33. The van der Waals surface area contributed by atoms with E-state index in [4.69, 9.17) is 5.73 Å². The van der Waals surface area contributed by atoms with E-state index in [0.717, 1.165) is 16.7 Å². The molecule has 3 nitrogen and oxygen atoms in total. The first-order valence-electron chi connectivity index (χ1n) is 5.12. The van der Waals surface area contributed by atoms with E-state index < -0.39 is 0 Å². The van der Waals surface area contributed by atoms with Crippen molar-refractivity contribution in [1.82, 2.24) is 5.32 Å². The van der Waals surface area contributed by atoms with E-state index in [-0.39, 0.29) is 11.9 Å². The number of aryl methyl sites for hydroxylation is 2. The number of carbonyl (C=O) groups excluding carboxylic acids is 1. The fraction of sp³-hybridized carbons (Fsp3) is 0.417. The average molecular weight is 206 g/mol. The summed E-state index contributed by atoms with van der Waals surface area (Å²) in [4.78, 5) is 11.8. The number of nitrogens with one attached hydrogen (secondary N) is 1. The van der Waals surface area contributed by atoms with Crippen LogP contribution in [0.5, 0.6) is 0 Å². The summed E-state index contributed by atoms with van der Waals surface area (Å²) in [6, 6.07) is 5.80. The summed E-state index contributed by atoms with van der Waals surface area (Å²) in [7, 11) is 0. The number of amides is 1. The molecule has 3 N–H and O–H groups in total. The van der Waals surface area contributed by atoms with Crippen LogP contribution in [0.4, 0.5) is 0 Å². The standard InChI is InChI=1S/C12H18N2O/c1-8-4-5-11(9(2)6-8)12(15)14-10(3)7-13/h4-6,10H,7,13H2,1-3H3,(H,14,15). The van der Waals surface area contributed by atoms with E-state index in [1.165, 1.54) is 0 Å². The Labute approximate surface area is 90.7 Å². The summed E-state index contributed by atoms with van der Waals surface area (Å²) >= 11 is 0. The van der Waals surface area contributed by atoms with Crippen LogP contribution in [0.3, 0.4) is 0 Å². The van der Waals surface area contributed by atoms with Gasteiger partial charge < -0.3 is 11.1 Å². The Hall–Kier alpha value is -1.35. The molecule has 0 spiro atoms. The molecule has 1 unspecified atom stereocenters. The minimum Gasteiger partial charge on any atom is -0.348 e. The maximum Gasteiger partial charge on any atom is 0.251 e. The van der Waals surface area contributed by atoms with E-state index in [1.54, 1.807) is 0 Å². The van der Waals surface area contributed by atoms with Crippen molar-refractivity contribution < 1.29 is 4.79 Å². The molecule has 1 aromatic rings. The molecule has 0 saturated carbocycles. The van der Waals surface area contributed by atoms with Crippen molar-refractivity contribution in [1.29, 1.82) is 0 Å². The number of hydrogen-bond acceptors (Lipinski definition) is 2. The highest BCUT2D eigenvalue weighted by Crippen LogP contribution is 2.10. The zero-order chi connectivity index (χ0) is 11.4. The largest absolute Gasteiger partial charge is 0.348 e. The molecular weight excluding hydrogens is 188 g/mol. The van der Waals surface area contributed by atoms with Gasteiger partial charge in [0, 0.05) is 18.2 Å². The molecule has 0 radical (unpaired) electrons. The lowest BCUT2D eigenvalue weighted by Crippen LogP contribution is -2.38. The maximum absolute atomic E-state index is 11.8. The first kappa shape index (κ1) is 11.7. The van der Waals surface area contributed by atoms with E-state index in [2.05, 4.69) is 5.32 Å². The van der Waals surface area contributed by atoms with Crippen LogP contribution in [0.2, 0.25) is 0 Å². The molecule has 0 bridgehead atoms. The molecular formula is C12H18N2O. The van der Waals surface area contributed by atoms with Crippen molar-refractivity contribution in [2.45, 2.75) is 26.8 Å². The van der Waals surface area contributed by atoms with Gasteiger partial charge in [-0.2, -0.15) is 0 Å². The molecule has 1 atom stereocenters. The molecule has 0 saturated heterocycles. The molecule has 0 aliphatic carbocycles. The van der Waals surface area contributed by atoms with Gasteiger partial charge in [-0.25, -0.2) is 0 Å². The normalized spacial score (nSPS) is 12.3. The predicted molar refractivity (Wildman–Crippen MR) is 61.9 cm³/mol. The Balaban J connectivity index is 2.82. The zero-order valence-corrected chi connectivity index (χ0v) is 9.50. The van der Waals surface area contributed by atoms with Crippen LogP contribution >= 0.6 is 0 Å². The van der Waals surface area contributed by atoms with E-state index in [9.17, 15) is 4.79 Å². The van der Waals surface area contributed by atoms with Crippen molar-refractivity contribution in [3.05, 3.63) is 34.9 Å². The highest BCUT2D eigenvalue weighted by Gasteiger charge is 2.10. The molecule has 3 heteroatoms. The van der Waals surface area contributed by atoms with Crippen molar-refractivity contribution in [3.8, 4) is 0 Å². The SMILES string of the molecule is Cc1ccc(C(=O)NC(C)CN)c(C)c1. The summed E-state index contributed by atoms with van der Waals surface area (Å²) in [5.74, 6) is -0.0505. The van der Waals surface area contributed by atoms with Gasteiger partial charge >= 0.3 is 0 Å². The highest BCUT2D eigenvalue weighted by molar-refractivity contribution is 5.95. The Kier molecular flexibility index (Phi) is 3.86. The van der Waals surface area contributed by atoms with Crippen molar-refractivity contribution in [3.63, 3.8) is 0 Å². The van der Waals surface area contributed by atoms with Crippen LogP contribution < -0.4 is 11.1 Å². The van der Waals surface area contributed by atoms with E-state index in [0.29, 0.717) is 6.54 Å². The average Bonchev–Trinajstić information content (AvgIpc) is 2.17. The molecule has 0 fully saturated rings. The van der Waals surface area contributed by atoms with Crippen molar-refractivity contribution in [2.24, 2.45) is 5.73 Å². The highest BCUT2D eigenvalue weighted by atomic mass is 16.1. The van der Waals surface area contributed by atoms with Crippen LogP contribution in [-0.2, 0) is 0 Å². The van der Waals surface area contributed by atoms with Crippen LogP contribution in [0.15, 0.2) is 18.2 Å². The molecule has 82 valence electrons. The second-order valence-electron chi connectivity index (χ2n) is 3.93. The molecule has 0 aromatic heterocycles. The molecule has 15 heavy (non-hydrogen) atoms. The maximum atomic E-state index is 11.8. The van der Waals surface area contributed by atoms with Gasteiger partial charge in [0.2, 0.25) is 0 Å². The minimum atomic E-state index is -0.0505. The Morgan fingerprint density at radius 3 is 2.67 bits per heavy atom. The van der Waals surface area contributed by atoms with Gasteiger partial charge in [0.15, 0.2) is 0 Å². The smallest absolute Gasteiger partial charge is 0.251 e. The molecule has 0 aliphatic rings. The van der Waals surface area contributed by atoms with Crippen molar-refractivity contribution >= 4 is 5.91 Å². The first-order valence-corrected chi connectivity index (χ1v) is 5.12. The summed E-state index contributed by atoms with van der Waals surface area (Å²) < 4.78 is 0. The van der Waals surface area contributed by atoms with Gasteiger partial charge in [-0.05, 0) is 32.4 Å². The van der Waals surface area contributed by atoms with Crippen LogP contribution in [0.25, 0.3) is 0 Å². The first-order chi connectivity index (χ1) is 7.04. The molecule has 1 aromatic carbocycles. The Morgan fingerprint density at radius 2 is 2.13 bits per heavy atom. The lowest BCUT2D eigenvalue weighted by Gasteiger charge is -2.12. The monoisotopic (exact) mass is 206 g/mol. The number of hydrogen-bond donors (Lipinski definition) is 2. The third-order valence-corrected chi connectivity index (χ3v) is 2.36. The van der Waals surface area contributed by atoms with Gasteiger partial charge in [0.25, 0.3) is 5.91 Å². The second-order valence-corrected chi connectivity index (χ2v) is 3.93. The van der Waals surface area contributed by atoms with Crippen molar-refractivity contribution in [2.75, 3.05) is 6.54 Å². The minimum absolute atomic E-state index is 0.0122. The zero-order valence-electron chi connectivity index (χ0n) is 9.50. The lowest BCUT2D eigenvalue weighted by molar-refractivity contribution is 0.0940. The summed E-state index contributed by atoms with van der Waals surface area (Å²) in [6.07, 6.45) is 0. The van der Waals surface area contributed by atoms with E-state index in [1.807, 2.05) is 39.0 Å². The van der Waals surface area contributed by atoms with Gasteiger partial charge in [-0.3, -0.25) is 4.79 Å². The third-order valence-electron chi connectivity index (χ3n) is 2.36. The molecule has 1 rings (SSSR count). The Bertz CT molecular complexity index is 361. The number of carbonyl (C=O) groups is 1. The fourth-order valence-electron chi connectivity index (χ4n) is 1.43. The molecule has 0 heterocycles. The summed E-state index contributed by atoms with van der Waals surface area (Å²) in [5, 5.41) is 2.84. The van der Waals surface area contributed by atoms with Crippen LogP contribution in [0, 0.1) is 13.8 Å². The topological polar surface area (TPSA) is 55.1 Å². The fourth-order valence-corrected chi connectivity index (χ4v) is 1.43. The second kappa shape index (κ2) is 4.94.